The zero-order chi connectivity index (χ0) is 33.6. The standard InChI is InChI=1S/C38H42ClN3O4S/c1-27-17-20-34(21-18-27)47(45,46)42(35-22-19-32(39)23-29(35)3)26-37(43)41(25-31-14-8-7-11-28(31)2)36(24-30-12-5-4-6-13-30)38(44)40-33-15-9-10-16-33/h4-8,11-14,17-23,33,36H,9-10,15-16,24-26H2,1-3H3,(H,40,44)/t36-/m1/s1. The van der Waals surface area contributed by atoms with Crippen LogP contribution in [0.4, 0.5) is 5.69 Å². The Labute approximate surface area is 283 Å². The van der Waals surface area contributed by atoms with E-state index < -0.39 is 28.5 Å². The lowest BCUT2D eigenvalue weighted by Gasteiger charge is -2.35. The van der Waals surface area contributed by atoms with E-state index in [1.807, 2.05) is 68.4 Å². The number of carbonyl (C=O) groups excluding carboxylic acids is 2. The van der Waals surface area contributed by atoms with E-state index in [2.05, 4.69) is 5.32 Å². The van der Waals surface area contributed by atoms with Gasteiger partial charge in [-0.1, -0.05) is 96.7 Å². The molecule has 1 atom stereocenters. The van der Waals surface area contributed by atoms with Gasteiger partial charge in [0.25, 0.3) is 10.0 Å². The van der Waals surface area contributed by atoms with Gasteiger partial charge in [0.15, 0.2) is 0 Å². The average Bonchev–Trinajstić information content (AvgIpc) is 3.56. The van der Waals surface area contributed by atoms with Crippen molar-refractivity contribution in [3.63, 3.8) is 0 Å². The summed E-state index contributed by atoms with van der Waals surface area (Å²) < 4.78 is 29.8. The maximum Gasteiger partial charge on any atom is 0.264 e. The van der Waals surface area contributed by atoms with Gasteiger partial charge < -0.3 is 10.2 Å². The zero-order valence-corrected chi connectivity index (χ0v) is 28.7. The number of nitrogens with zero attached hydrogens (tertiary/aromatic N) is 2. The van der Waals surface area contributed by atoms with Crippen LogP contribution in [0.3, 0.4) is 0 Å². The molecule has 4 aromatic rings. The molecule has 1 N–H and O–H groups in total. The van der Waals surface area contributed by atoms with Crippen molar-refractivity contribution in [3.8, 4) is 0 Å². The van der Waals surface area contributed by atoms with Gasteiger partial charge in [-0.2, -0.15) is 0 Å². The molecule has 0 aromatic heterocycles. The number of benzene rings is 4. The molecule has 2 amide bonds. The van der Waals surface area contributed by atoms with Crippen molar-refractivity contribution in [3.05, 3.63) is 130 Å². The quantitative estimate of drug-likeness (QED) is 0.173. The van der Waals surface area contributed by atoms with Gasteiger partial charge >= 0.3 is 0 Å². The van der Waals surface area contributed by atoms with Crippen molar-refractivity contribution in [2.45, 2.75) is 76.4 Å². The first-order chi connectivity index (χ1) is 22.5. The van der Waals surface area contributed by atoms with E-state index in [1.54, 1.807) is 54.3 Å². The van der Waals surface area contributed by atoms with Crippen molar-refractivity contribution in [1.29, 1.82) is 0 Å². The fourth-order valence-electron chi connectivity index (χ4n) is 6.14. The molecule has 47 heavy (non-hydrogen) atoms. The highest BCUT2D eigenvalue weighted by atomic mass is 35.5. The van der Waals surface area contributed by atoms with Crippen LogP contribution < -0.4 is 9.62 Å². The Morgan fingerprint density at radius 2 is 1.51 bits per heavy atom. The van der Waals surface area contributed by atoms with Gasteiger partial charge in [0.1, 0.15) is 12.6 Å². The maximum atomic E-state index is 14.7. The Morgan fingerprint density at radius 3 is 2.17 bits per heavy atom. The fraction of sp³-hybridized carbons (Fsp3) is 0.316. The fourth-order valence-corrected chi connectivity index (χ4v) is 7.85. The summed E-state index contributed by atoms with van der Waals surface area (Å²) in [7, 11) is -4.20. The predicted molar refractivity (Wildman–Crippen MR) is 188 cm³/mol. The molecule has 1 saturated carbocycles. The van der Waals surface area contributed by atoms with Crippen LogP contribution in [0.25, 0.3) is 0 Å². The van der Waals surface area contributed by atoms with Crippen LogP contribution in [-0.2, 0) is 32.6 Å². The van der Waals surface area contributed by atoms with Gasteiger partial charge in [-0.15, -0.1) is 0 Å². The minimum absolute atomic E-state index is 0.0475. The third kappa shape index (κ3) is 8.42. The van der Waals surface area contributed by atoms with Gasteiger partial charge in [-0.3, -0.25) is 13.9 Å². The van der Waals surface area contributed by atoms with Crippen molar-refractivity contribution in [2.75, 3.05) is 10.8 Å². The summed E-state index contributed by atoms with van der Waals surface area (Å²) in [5.74, 6) is -0.723. The number of hydrogen-bond donors (Lipinski definition) is 1. The summed E-state index contributed by atoms with van der Waals surface area (Å²) in [6, 6.07) is 28.0. The number of anilines is 1. The lowest BCUT2D eigenvalue weighted by molar-refractivity contribution is -0.140. The summed E-state index contributed by atoms with van der Waals surface area (Å²) in [6.07, 6.45) is 4.17. The third-order valence-electron chi connectivity index (χ3n) is 8.89. The minimum atomic E-state index is -4.20. The number of carbonyl (C=O) groups is 2. The molecule has 4 aromatic carbocycles. The van der Waals surface area contributed by atoms with E-state index in [4.69, 9.17) is 11.6 Å². The highest BCUT2D eigenvalue weighted by molar-refractivity contribution is 7.92. The maximum absolute atomic E-state index is 14.7. The van der Waals surface area contributed by atoms with E-state index in [0.29, 0.717) is 16.3 Å². The molecule has 246 valence electrons. The Hall–Kier alpha value is -4.14. The monoisotopic (exact) mass is 671 g/mol. The van der Waals surface area contributed by atoms with Crippen LogP contribution in [-0.4, -0.2) is 43.8 Å². The smallest absolute Gasteiger partial charge is 0.264 e. The first-order valence-electron chi connectivity index (χ1n) is 16.1. The lowest BCUT2D eigenvalue weighted by atomic mass is 10.0. The molecule has 0 spiro atoms. The molecule has 7 nitrogen and oxygen atoms in total. The molecule has 1 aliphatic carbocycles. The second-order valence-electron chi connectivity index (χ2n) is 12.4. The van der Waals surface area contributed by atoms with Gasteiger partial charge in [-0.25, -0.2) is 8.42 Å². The summed E-state index contributed by atoms with van der Waals surface area (Å²) in [5, 5.41) is 3.67. The van der Waals surface area contributed by atoms with Crippen LogP contribution in [0.5, 0.6) is 0 Å². The van der Waals surface area contributed by atoms with Gasteiger partial charge in [0.2, 0.25) is 11.8 Å². The Bertz CT molecular complexity index is 1810. The molecule has 5 rings (SSSR count). The minimum Gasteiger partial charge on any atom is -0.352 e. The van der Waals surface area contributed by atoms with Crippen LogP contribution in [0, 0.1) is 20.8 Å². The predicted octanol–water partition coefficient (Wildman–Crippen LogP) is 7.16. The normalized spacial score (nSPS) is 14.0. The number of halogens is 1. The highest BCUT2D eigenvalue weighted by Gasteiger charge is 2.36. The number of nitrogens with one attached hydrogen (secondary N) is 1. The van der Waals surface area contributed by atoms with Crippen LogP contribution in [0.1, 0.15) is 53.5 Å². The van der Waals surface area contributed by atoms with E-state index in [-0.39, 0.29) is 29.8 Å². The summed E-state index contributed by atoms with van der Waals surface area (Å²) >= 11 is 6.27. The summed E-state index contributed by atoms with van der Waals surface area (Å²) in [4.78, 5) is 30.5. The second kappa shape index (κ2) is 15.2. The molecule has 0 bridgehead atoms. The molecule has 0 heterocycles. The SMILES string of the molecule is Cc1ccc(S(=O)(=O)N(CC(=O)N(Cc2ccccc2C)[C@H](Cc2ccccc2)C(=O)NC2CCCC2)c2ccc(Cl)cc2C)cc1. The molecule has 1 fully saturated rings. The lowest BCUT2D eigenvalue weighted by Crippen LogP contribution is -2.54. The van der Waals surface area contributed by atoms with E-state index in [0.717, 1.165) is 52.2 Å². The largest absolute Gasteiger partial charge is 0.352 e. The molecule has 1 aliphatic rings. The van der Waals surface area contributed by atoms with Gasteiger partial charge in [-0.05, 0) is 86.2 Å². The summed E-state index contributed by atoms with van der Waals surface area (Å²) in [5.41, 5.74) is 4.61. The molecule has 0 unspecified atom stereocenters. The second-order valence-corrected chi connectivity index (χ2v) is 14.7. The Morgan fingerprint density at radius 1 is 0.851 bits per heavy atom. The van der Waals surface area contributed by atoms with Crippen LogP contribution >= 0.6 is 11.6 Å². The van der Waals surface area contributed by atoms with Crippen molar-refractivity contribution in [2.24, 2.45) is 0 Å². The first kappa shape index (κ1) is 34.2. The number of aryl methyl sites for hydroxylation is 3. The highest BCUT2D eigenvalue weighted by Crippen LogP contribution is 2.30. The Balaban J connectivity index is 1.59. The van der Waals surface area contributed by atoms with Gasteiger partial charge in [0, 0.05) is 24.0 Å². The molecule has 0 aliphatic heterocycles. The molecule has 9 heteroatoms. The number of amides is 2. The molecule has 0 radical (unpaired) electrons. The van der Waals surface area contributed by atoms with E-state index >= 15 is 0 Å². The topological polar surface area (TPSA) is 86.8 Å². The summed E-state index contributed by atoms with van der Waals surface area (Å²) in [6.45, 7) is 5.25. The number of rotatable bonds is 12. The van der Waals surface area contributed by atoms with E-state index in [9.17, 15) is 18.0 Å². The first-order valence-corrected chi connectivity index (χ1v) is 17.9. The molecule has 0 saturated heterocycles. The van der Waals surface area contributed by atoms with Crippen LogP contribution in [0.2, 0.25) is 5.02 Å². The molecular formula is C38H42ClN3O4S. The Kier molecular flexibility index (Phi) is 11.0. The van der Waals surface area contributed by atoms with Crippen LogP contribution in [0.15, 0.2) is 102 Å². The van der Waals surface area contributed by atoms with E-state index in [1.165, 1.54) is 0 Å². The number of hydrogen-bond acceptors (Lipinski definition) is 4. The van der Waals surface area contributed by atoms with Gasteiger partial charge in [0.05, 0.1) is 10.6 Å². The molecular weight excluding hydrogens is 630 g/mol. The zero-order valence-electron chi connectivity index (χ0n) is 27.2. The van der Waals surface area contributed by atoms with Crippen molar-refractivity contribution >= 4 is 39.1 Å². The van der Waals surface area contributed by atoms with Crippen molar-refractivity contribution < 1.29 is 18.0 Å². The van der Waals surface area contributed by atoms with Crippen molar-refractivity contribution in [1.82, 2.24) is 10.2 Å². The number of sulfonamides is 1. The average molecular weight is 672 g/mol. The third-order valence-corrected chi connectivity index (χ3v) is 10.9.